The summed E-state index contributed by atoms with van der Waals surface area (Å²) < 4.78 is 2.82. The SMILES string of the molecule is CCc1nn(C)c(CC(=O)CC2CCCN2)c1Br. The predicted molar refractivity (Wildman–Crippen MR) is 74.6 cm³/mol. The Kier molecular flexibility index (Phi) is 4.56. The van der Waals surface area contributed by atoms with Crippen LogP contribution in [0.25, 0.3) is 0 Å². The third-order valence-electron chi connectivity index (χ3n) is 3.50. The zero-order valence-electron chi connectivity index (χ0n) is 11.0. The largest absolute Gasteiger partial charge is 0.314 e. The molecule has 0 saturated carbocycles. The van der Waals surface area contributed by atoms with Crippen LogP contribution in [-0.4, -0.2) is 28.2 Å². The van der Waals surface area contributed by atoms with Gasteiger partial charge >= 0.3 is 0 Å². The summed E-state index contributed by atoms with van der Waals surface area (Å²) in [5.41, 5.74) is 2.02. The Morgan fingerprint density at radius 3 is 2.94 bits per heavy atom. The number of hydrogen-bond acceptors (Lipinski definition) is 3. The highest BCUT2D eigenvalue weighted by Crippen LogP contribution is 2.23. The minimum atomic E-state index is 0.292. The number of aryl methyl sites for hydroxylation is 2. The molecule has 1 saturated heterocycles. The Labute approximate surface area is 116 Å². The summed E-state index contributed by atoms with van der Waals surface area (Å²) in [6.45, 7) is 3.12. The number of rotatable bonds is 5. The van der Waals surface area contributed by atoms with Crippen LogP contribution in [0.1, 0.15) is 37.6 Å². The van der Waals surface area contributed by atoms with Crippen molar-refractivity contribution in [1.82, 2.24) is 15.1 Å². The van der Waals surface area contributed by atoms with Crippen LogP contribution in [0.5, 0.6) is 0 Å². The van der Waals surface area contributed by atoms with Gasteiger partial charge in [-0.05, 0) is 41.7 Å². The van der Waals surface area contributed by atoms with Crippen molar-refractivity contribution in [3.63, 3.8) is 0 Å². The van der Waals surface area contributed by atoms with Gasteiger partial charge in [-0.2, -0.15) is 5.10 Å². The Morgan fingerprint density at radius 1 is 1.61 bits per heavy atom. The lowest BCUT2D eigenvalue weighted by atomic mass is 10.1. The van der Waals surface area contributed by atoms with Crippen molar-refractivity contribution in [3.05, 3.63) is 15.9 Å². The van der Waals surface area contributed by atoms with Crippen LogP contribution in [0.2, 0.25) is 0 Å². The van der Waals surface area contributed by atoms with E-state index in [0.29, 0.717) is 24.7 Å². The van der Waals surface area contributed by atoms with Crippen LogP contribution in [0.4, 0.5) is 0 Å². The van der Waals surface area contributed by atoms with E-state index in [1.165, 1.54) is 6.42 Å². The molecule has 5 heteroatoms. The van der Waals surface area contributed by atoms with Crippen LogP contribution in [-0.2, 0) is 24.7 Å². The van der Waals surface area contributed by atoms with Crippen LogP contribution in [0.15, 0.2) is 4.47 Å². The van der Waals surface area contributed by atoms with Crippen molar-refractivity contribution < 1.29 is 4.79 Å². The molecule has 1 N–H and O–H groups in total. The summed E-state index contributed by atoms with van der Waals surface area (Å²) in [6, 6.07) is 0.384. The van der Waals surface area contributed by atoms with E-state index in [0.717, 1.165) is 35.2 Å². The van der Waals surface area contributed by atoms with Crippen LogP contribution >= 0.6 is 15.9 Å². The quantitative estimate of drug-likeness (QED) is 0.904. The molecule has 2 heterocycles. The van der Waals surface area contributed by atoms with Crippen LogP contribution < -0.4 is 5.32 Å². The Morgan fingerprint density at radius 2 is 2.39 bits per heavy atom. The molecule has 2 rings (SSSR count). The molecule has 1 aliphatic rings. The molecule has 0 amide bonds. The molecule has 1 atom stereocenters. The van der Waals surface area contributed by atoms with E-state index in [1.807, 2.05) is 11.7 Å². The maximum absolute atomic E-state index is 12.1. The molecule has 0 spiro atoms. The fourth-order valence-electron chi connectivity index (χ4n) is 2.48. The van der Waals surface area contributed by atoms with Gasteiger partial charge in [0.15, 0.2) is 0 Å². The van der Waals surface area contributed by atoms with E-state index in [-0.39, 0.29) is 0 Å². The third-order valence-corrected chi connectivity index (χ3v) is 4.42. The maximum atomic E-state index is 12.1. The fraction of sp³-hybridized carbons (Fsp3) is 0.692. The molecule has 0 bridgehead atoms. The zero-order chi connectivity index (χ0) is 13.1. The van der Waals surface area contributed by atoms with Gasteiger partial charge in [0.2, 0.25) is 0 Å². The Hall–Kier alpha value is -0.680. The standard InChI is InChI=1S/C13H20BrN3O/c1-3-11-13(14)12(17(2)16-11)8-10(18)7-9-5-4-6-15-9/h9,15H,3-8H2,1-2H3. The van der Waals surface area contributed by atoms with Crippen LogP contribution in [0.3, 0.4) is 0 Å². The van der Waals surface area contributed by atoms with Crippen molar-refractivity contribution in [3.8, 4) is 0 Å². The van der Waals surface area contributed by atoms with E-state index in [2.05, 4.69) is 33.3 Å². The molecule has 0 aromatic carbocycles. The van der Waals surface area contributed by atoms with Crippen molar-refractivity contribution >= 4 is 21.7 Å². The molecule has 1 fully saturated rings. The highest BCUT2D eigenvalue weighted by molar-refractivity contribution is 9.10. The van der Waals surface area contributed by atoms with E-state index < -0.39 is 0 Å². The topological polar surface area (TPSA) is 46.9 Å². The second-order valence-corrected chi connectivity index (χ2v) is 5.69. The summed E-state index contributed by atoms with van der Waals surface area (Å²) in [7, 11) is 1.90. The lowest BCUT2D eigenvalue weighted by molar-refractivity contribution is -0.118. The monoisotopic (exact) mass is 313 g/mol. The molecule has 1 unspecified atom stereocenters. The van der Waals surface area contributed by atoms with E-state index in [4.69, 9.17) is 0 Å². The summed E-state index contributed by atoms with van der Waals surface area (Å²) >= 11 is 3.55. The second kappa shape index (κ2) is 5.97. The molecule has 100 valence electrons. The number of carbonyl (C=O) groups excluding carboxylic acids is 1. The van der Waals surface area contributed by atoms with Crippen molar-refractivity contribution in [2.24, 2.45) is 7.05 Å². The summed E-state index contributed by atoms with van der Waals surface area (Å²) in [6.07, 6.45) is 4.31. The van der Waals surface area contributed by atoms with Gasteiger partial charge < -0.3 is 5.32 Å². The molecule has 0 radical (unpaired) electrons. The number of ketones is 1. The van der Waals surface area contributed by atoms with E-state index in [9.17, 15) is 4.79 Å². The Balaban J connectivity index is 1.99. The van der Waals surface area contributed by atoms with Gasteiger partial charge in [-0.25, -0.2) is 0 Å². The first-order valence-electron chi connectivity index (χ1n) is 6.57. The first-order chi connectivity index (χ1) is 8.61. The Bertz CT molecular complexity index is 436. The van der Waals surface area contributed by atoms with Gasteiger partial charge in [0.1, 0.15) is 5.78 Å². The number of halogens is 1. The average Bonchev–Trinajstić information content (AvgIpc) is 2.92. The minimum absolute atomic E-state index is 0.292. The molecule has 0 aliphatic carbocycles. The highest BCUT2D eigenvalue weighted by atomic mass is 79.9. The molecule has 1 aromatic rings. The number of carbonyl (C=O) groups is 1. The fourth-order valence-corrected chi connectivity index (χ4v) is 3.23. The van der Waals surface area contributed by atoms with Gasteiger partial charge in [0.25, 0.3) is 0 Å². The van der Waals surface area contributed by atoms with Crippen molar-refractivity contribution in [2.75, 3.05) is 6.54 Å². The molecular weight excluding hydrogens is 294 g/mol. The summed E-state index contributed by atoms with van der Waals surface area (Å²) in [5, 5.41) is 7.78. The summed E-state index contributed by atoms with van der Waals surface area (Å²) in [5.74, 6) is 0.292. The molecule has 1 aromatic heterocycles. The molecule has 4 nitrogen and oxygen atoms in total. The number of aromatic nitrogens is 2. The van der Waals surface area contributed by atoms with Gasteiger partial charge in [-0.1, -0.05) is 6.92 Å². The van der Waals surface area contributed by atoms with Crippen molar-refractivity contribution in [2.45, 2.75) is 45.1 Å². The zero-order valence-corrected chi connectivity index (χ0v) is 12.6. The molecule has 1 aliphatic heterocycles. The predicted octanol–water partition coefficient (Wildman–Crippen LogP) is 2.00. The lowest BCUT2D eigenvalue weighted by Crippen LogP contribution is -2.25. The minimum Gasteiger partial charge on any atom is -0.314 e. The first kappa shape index (κ1) is 13.7. The third kappa shape index (κ3) is 3.01. The van der Waals surface area contributed by atoms with Crippen molar-refractivity contribution in [1.29, 1.82) is 0 Å². The average molecular weight is 314 g/mol. The number of hydrogen-bond donors (Lipinski definition) is 1. The maximum Gasteiger partial charge on any atom is 0.140 e. The number of Topliss-reactive ketones (excluding diaryl/α,β-unsaturated/α-hetero) is 1. The van der Waals surface area contributed by atoms with Gasteiger partial charge in [-0.3, -0.25) is 9.48 Å². The normalized spacial score (nSPS) is 19.4. The summed E-state index contributed by atoms with van der Waals surface area (Å²) in [4.78, 5) is 12.1. The number of nitrogens with zero attached hydrogens (tertiary/aromatic N) is 2. The van der Waals surface area contributed by atoms with Gasteiger partial charge in [-0.15, -0.1) is 0 Å². The van der Waals surface area contributed by atoms with E-state index in [1.54, 1.807) is 0 Å². The first-order valence-corrected chi connectivity index (χ1v) is 7.36. The smallest absolute Gasteiger partial charge is 0.140 e. The molecular formula is C13H20BrN3O. The molecule has 18 heavy (non-hydrogen) atoms. The van der Waals surface area contributed by atoms with Gasteiger partial charge in [0, 0.05) is 25.9 Å². The lowest BCUT2D eigenvalue weighted by Gasteiger charge is -2.09. The number of nitrogens with one attached hydrogen (secondary N) is 1. The van der Waals surface area contributed by atoms with Gasteiger partial charge in [0.05, 0.1) is 15.9 Å². The van der Waals surface area contributed by atoms with E-state index >= 15 is 0 Å². The highest BCUT2D eigenvalue weighted by Gasteiger charge is 2.20. The van der Waals surface area contributed by atoms with Crippen LogP contribution in [0, 0.1) is 0 Å². The second-order valence-electron chi connectivity index (χ2n) is 4.90.